The quantitative estimate of drug-likeness (QED) is 0.0905. The molecular weight excluding hydrogens is 839 g/mol. The summed E-state index contributed by atoms with van der Waals surface area (Å²) in [6.07, 6.45) is 10.8. The van der Waals surface area contributed by atoms with Crippen LogP contribution in [-0.2, 0) is 19.5 Å². The molecule has 3 aromatic carbocycles. The van der Waals surface area contributed by atoms with E-state index >= 15 is 0 Å². The van der Waals surface area contributed by atoms with Crippen molar-refractivity contribution in [2.45, 2.75) is 138 Å². The number of carbonyl (C=O) groups excluding carboxylic acids is 1. The summed E-state index contributed by atoms with van der Waals surface area (Å²) in [6, 6.07) is 34.6. The smallest absolute Gasteiger partial charge is 0.177 e. The molecular formula is C57H77N3OS3. The molecule has 0 bridgehead atoms. The summed E-state index contributed by atoms with van der Waals surface area (Å²) < 4.78 is 0. The van der Waals surface area contributed by atoms with Gasteiger partial charge in [-0.1, -0.05) is 126 Å². The minimum Gasteiger partial charge on any atom is -0.298 e. The number of hydrogen-bond donors (Lipinski definition) is 0. The number of benzene rings is 3. The van der Waals surface area contributed by atoms with Crippen LogP contribution in [0.3, 0.4) is 0 Å². The first-order valence-electron chi connectivity index (χ1n) is 23.8. The van der Waals surface area contributed by atoms with Crippen LogP contribution in [0.25, 0.3) is 11.3 Å². The standard InChI is InChI=1S/C24H27NOS2.C23H26N2S.2C4H10.C2H4/c1-17-8-10-22(27-17)16-25-12-4-7-21(15-25)20-6-3-5-19(13-20)14-23(26)24-11-9-18(2)28-24;1-17-10-11-18(2)21(13-17)22-16-26-23(24-22)20-9-6-12-25(15-20)14-19-7-4-3-5-8-19;2*1-3-4-2;1-2/h3,5-6,8-11,13,21H,4,7,12,14-16H2,1-2H3;3-5,7-8,10-11,13,16,20H,6,9,12,14-15H2,1-2H3;2*3-4H2,1-2H3;1-2H2. The second-order valence-electron chi connectivity index (χ2n) is 17.3. The highest BCUT2D eigenvalue weighted by molar-refractivity contribution is 7.14. The molecule has 2 aliphatic heterocycles. The van der Waals surface area contributed by atoms with Crippen LogP contribution in [0.5, 0.6) is 0 Å². The molecule has 2 aliphatic rings. The van der Waals surface area contributed by atoms with E-state index in [2.05, 4.69) is 169 Å². The van der Waals surface area contributed by atoms with Gasteiger partial charge in [0.1, 0.15) is 0 Å². The number of aromatic nitrogens is 1. The molecule has 344 valence electrons. The zero-order chi connectivity index (χ0) is 46.3. The van der Waals surface area contributed by atoms with Crippen molar-refractivity contribution < 1.29 is 4.79 Å². The SMILES string of the molecule is C=C.CCCC.CCCC.Cc1ccc(C)c(-c2csc(C3CCCN(Cc4ccccc4)C3)n2)c1.Cc1ccc(CN2CCCC(c3cccc(CC(=O)c4ccc(C)s4)c3)C2)s1. The lowest BCUT2D eigenvalue weighted by molar-refractivity contribution is 0.0996. The molecule has 0 saturated carbocycles. The maximum Gasteiger partial charge on any atom is 0.177 e. The summed E-state index contributed by atoms with van der Waals surface area (Å²) in [4.78, 5) is 27.7. The molecule has 0 amide bonds. The average Bonchev–Trinajstić information content (AvgIpc) is 4.11. The third-order valence-corrected chi connectivity index (χ3v) is 14.8. The summed E-state index contributed by atoms with van der Waals surface area (Å²) in [5.74, 6) is 1.36. The molecule has 8 rings (SSSR count). The average molecular weight is 916 g/mol. The molecule has 2 fully saturated rings. The lowest BCUT2D eigenvalue weighted by Gasteiger charge is -2.33. The van der Waals surface area contributed by atoms with Crippen molar-refractivity contribution in [3.8, 4) is 11.3 Å². The van der Waals surface area contributed by atoms with E-state index in [1.165, 1.54) is 112 Å². The first-order chi connectivity index (χ1) is 31.1. The van der Waals surface area contributed by atoms with Crippen LogP contribution in [0.15, 0.2) is 116 Å². The first kappa shape index (κ1) is 52.6. The lowest BCUT2D eigenvalue weighted by Crippen LogP contribution is -2.33. The van der Waals surface area contributed by atoms with Gasteiger partial charge in [0, 0.05) is 64.1 Å². The molecule has 2 saturated heterocycles. The van der Waals surface area contributed by atoms with Crippen molar-refractivity contribution >= 4 is 39.8 Å². The fraction of sp³-hybridized carbons (Fsp3) is 0.439. The first-order valence-corrected chi connectivity index (χ1v) is 26.4. The summed E-state index contributed by atoms with van der Waals surface area (Å²) in [6.45, 7) is 30.0. The molecule has 6 aromatic rings. The number of thiazole rings is 1. The molecule has 3 aromatic heterocycles. The maximum absolute atomic E-state index is 12.6. The Morgan fingerprint density at radius 2 is 1.30 bits per heavy atom. The van der Waals surface area contributed by atoms with Gasteiger partial charge in [0.05, 0.1) is 15.6 Å². The predicted molar refractivity (Wildman–Crippen MR) is 283 cm³/mol. The Balaban J connectivity index is 0.000000233. The summed E-state index contributed by atoms with van der Waals surface area (Å²) in [5.41, 5.74) is 8.96. The molecule has 64 heavy (non-hydrogen) atoms. The molecule has 4 nitrogen and oxygen atoms in total. The number of likely N-dealkylation sites (tertiary alicyclic amines) is 2. The van der Waals surface area contributed by atoms with Gasteiger partial charge in [0.15, 0.2) is 5.78 Å². The molecule has 7 heteroatoms. The fourth-order valence-electron chi connectivity index (χ4n) is 7.93. The molecule has 2 atom stereocenters. The molecule has 0 radical (unpaired) electrons. The monoisotopic (exact) mass is 916 g/mol. The molecule has 0 aliphatic carbocycles. The van der Waals surface area contributed by atoms with Crippen LogP contribution in [0, 0.1) is 27.7 Å². The Bertz CT molecular complexity index is 2210. The van der Waals surface area contributed by atoms with Crippen LogP contribution in [0.4, 0.5) is 0 Å². The molecule has 5 heterocycles. The number of nitrogens with zero attached hydrogens (tertiary/aromatic N) is 3. The van der Waals surface area contributed by atoms with E-state index in [0.29, 0.717) is 18.3 Å². The van der Waals surface area contributed by atoms with Crippen LogP contribution < -0.4 is 0 Å². The predicted octanol–water partition coefficient (Wildman–Crippen LogP) is 16.5. The molecule has 0 spiro atoms. The van der Waals surface area contributed by atoms with Gasteiger partial charge in [-0.3, -0.25) is 14.6 Å². The van der Waals surface area contributed by atoms with Gasteiger partial charge >= 0.3 is 0 Å². The molecule has 2 unspecified atom stereocenters. The summed E-state index contributed by atoms with van der Waals surface area (Å²) in [5, 5.41) is 3.55. The largest absolute Gasteiger partial charge is 0.298 e. The van der Waals surface area contributed by atoms with E-state index in [1.807, 2.05) is 34.8 Å². The van der Waals surface area contributed by atoms with E-state index in [0.717, 1.165) is 42.3 Å². The van der Waals surface area contributed by atoms with Gasteiger partial charge in [-0.05, 0) is 125 Å². The Labute approximate surface area is 400 Å². The number of aryl methyl sites for hydroxylation is 4. The van der Waals surface area contributed by atoms with Crippen molar-refractivity contribution in [1.29, 1.82) is 0 Å². The number of carbonyl (C=O) groups is 1. The van der Waals surface area contributed by atoms with Gasteiger partial charge in [0.2, 0.25) is 0 Å². The lowest BCUT2D eigenvalue weighted by atomic mass is 9.89. The normalized spacial score (nSPS) is 16.1. The topological polar surface area (TPSA) is 36.4 Å². The van der Waals surface area contributed by atoms with Crippen molar-refractivity contribution in [3.05, 3.63) is 168 Å². The minimum absolute atomic E-state index is 0.230. The Morgan fingerprint density at radius 1 is 0.672 bits per heavy atom. The van der Waals surface area contributed by atoms with E-state index in [9.17, 15) is 4.79 Å². The van der Waals surface area contributed by atoms with Crippen LogP contribution in [0.1, 0.15) is 148 Å². The van der Waals surface area contributed by atoms with Crippen molar-refractivity contribution in [1.82, 2.24) is 14.8 Å². The van der Waals surface area contributed by atoms with Crippen molar-refractivity contribution in [2.24, 2.45) is 0 Å². The van der Waals surface area contributed by atoms with Gasteiger partial charge in [-0.2, -0.15) is 0 Å². The number of Topliss-reactive ketones (excluding diaryl/α,β-unsaturated/α-hetero) is 1. The molecule has 0 N–H and O–H groups in total. The number of thiophene rings is 2. The highest BCUT2D eigenvalue weighted by Crippen LogP contribution is 2.34. The van der Waals surface area contributed by atoms with Crippen LogP contribution in [0.2, 0.25) is 0 Å². The number of ketones is 1. The second-order valence-corrected chi connectivity index (χ2v) is 20.8. The Morgan fingerprint density at radius 3 is 1.94 bits per heavy atom. The Hall–Kier alpha value is -3.98. The highest BCUT2D eigenvalue weighted by Gasteiger charge is 2.25. The van der Waals surface area contributed by atoms with Crippen LogP contribution in [-0.4, -0.2) is 46.7 Å². The maximum atomic E-state index is 12.6. The van der Waals surface area contributed by atoms with Gasteiger partial charge in [-0.25, -0.2) is 4.98 Å². The van der Waals surface area contributed by atoms with Gasteiger partial charge in [0.25, 0.3) is 0 Å². The van der Waals surface area contributed by atoms with Gasteiger partial charge < -0.3 is 0 Å². The fourth-order valence-corrected chi connectivity index (χ4v) is 10.6. The summed E-state index contributed by atoms with van der Waals surface area (Å²) >= 11 is 5.34. The van der Waals surface area contributed by atoms with Gasteiger partial charge in [-0.15, -0.1) is 47.2 Å². The van der Waals surface area contributed by atoms with Crippen LogP contribution >= 0.6 is 34.0 Å². The van der Waals surface area contributed by atoms with E-state index in [1.54, 1.807) is 11.3 Å². The third-order valence-electron chi connectivity index (χ3n) is 11.8. The Kier molecular flexibility index (Phi) is 23.7. The van der Waals surface area contributed by atoms with E-state index in [4.69, 9.17) is 4.98 Å². The third kappa shape index (κ3) is 17.4. The number of hydrogen-bond acceptors (Lipinski definition) is 7. The zero-order valence-corrected chi connectivity index (χ0v) is 42.9. The van der Waals surface area contributed by atoms with Crippen molar-refractivity contribution in [3.63, 3.8) is 0 Å². The van der Waals surface area contributed by atoms with Crippen molar-refractivity contribution in [2.75, 3.05) is 26.2 Å². The summed E-state index contributed by atoms with van der Waals surface area (Å²) in [7, 11) is 0. The van der Waals surface area contributed by atoms with E-state index in [-0.39, 0.29) is 5.78 Å². The minimum atomic E-state index is 0.230. The number of unbranched alkanes of at least 4 members (excludes halogenated alkanes) is 2. The highest BCUT2D eigenvalue weighted by atomic mass is 32.1. The number of rotatable bonds is 12. The zero-order valence-electron chi connectivity index (χ0n) is 40.5. The second kappa shape index (κ2) is 28.8. The van der Waals surface area contributed by atoms with E-state index < -0.39 is 0 Å². The number of piperidine rings is 2.